The molecule has 0 saturated carbocycles. The summed E-state index contributed by atoms with van der Waals surface area (Å²) in [5.41, 5.74) is 0. The van der Waals surface area contributed by atoms with Crippen LogP contribution in [-0.4, -0.2) is 24.5 Å². The standard InChI is InChI=1S/C6H11N.Y/c1-3-6-4-5-7(6)2;/h4,6H,1,3,5H2,2H3;/q-2;. The molecule has 0 aromatic heterocycles. The second-order valence-electron chi connectivity index (χ2n) is 2.03. The topological polar surface area (TPSA) is 3.24 Å². The van der Waals surface area contributed by atoms with Crippen LogP contribution in [0.5, 0.6) is 0 Å². The molecular formula is C6H11NY-2. The Morgan fingerprint density at radius 1 is 1.88 bits per heavy atom. The third kappa shape index (κ3) is 1.78. The van der Waals surface area contributed by atoms with Crippen LogP contribution in [-0.2, 0) is 32.7 Å². The summed E-state index contributed by atoms with van der Waals surface area (Å²) < 4.78 is 0. The first kappa shape index (κ1) is 9.06. The number of likely N-dealkylation sites (tertiary alicyclic amines) is 1. The van der Waals surface area contributed by atoms with Gasteiger partial charge in [0.2, 0.25) is 0 Å². The summed E-state index contributed by atoms with van der Waals surface area (Å²) in [6.45, 7) is 4.94. The van der Waals surface area contributed by atoms with Crippen molar-refractivity contribution in [2.24, 2.45) is 0 Å². The first-order valence-corrected chi connectivity index (χ1v) is 2.67. The Morgan fingerprint density at radius 3 is 2.50 bits per heavy atom. The molecule has 0 amide bonds. The summed E-state index contributed by atoms with van der Waals surface area (Å²) in [6.07, 6.45) is 3.31. The van der Waals surface area contributed by atoms with Crippen LogP contribution < -0.4 is 0 Å². The van der Waals surface area contributed by atoms with Crippen LogP contribution in [0.3, 0.4) is 0 Å². The first-order chi connectivity index (χ1) is 3.34. The van der Waals surface area contributed by atoms with Crippen molar-refractivity contribution in [2.45, 2.75) is 12.5 Å². The van der Waals surface area contributed by atoms with Crippen LogP contribution in [0.15, 0.2) is 0 Å². The molecule has 1 saturated heterocycles. The number of rotatable bonds is 1. The number of nitrogens with zero attached hydrogens (tertiary/aromatic N) is 1. The van der Waals surface area contributed by atoms with Gasteiger partial charge in [-0.3, -0.25) is 0 Å². The average Bonchev–Trinajstić information content (AvgIpc) is 1.65. The van der Waals surface area contributed by atoms with E-state index in [1.165, 1.54) is 0 Å². The molecular weight excluding hydrogens is 175 g/mol. The Labute approximate surface area is 76.7 Å². The molecule has 1 fully saturated rings. The Bertz CT molecular complexity index is 63.5. The molecule has 2 heteroatoms. The largest absolute Gasteiger partial charge is 0.364 e. The fraction of sp³-hybridized carbons (Fsp3) is 0.667. The zero-order valence-corrected chi connectivity index (χ0v) is 8.14. The Hall–Kier alpha value is 1.06. The summed E-state index contributed by atoms with van der Waals surface area (Å²) in [6, 6.07) is 0.681. The quantitative estimate of drug-likeness (QED) is 0.545. The van der Waals surface area contributed by atoms with Gasteiger partial charge in [0, 0.05) is 32.7 Å². The monoisotopic (exact) mass is 186 g/mol. The van der Waals surface area contributed by atoms with Gasteiger partial charge in [-0.25, -0.2) is 0 Å². The maximum Gasteiger partial charge on any atom is 0 e. The van der Waals surface area contributed by atoms with Gasteiger partial charge in [0.25, 0.3) is 0 Å². The fourth-order valence-electron chi connectivity index (χ4n) is 0.804. The van der Waals surface area contributed by atoms with Crippen molar-refractivity contribution in [3.8, 4) is 0 Å². The fourth-order valence-corrected chi connectivity index (χ4v) is 0.804. The second-order valence-corrected chi connectivity index (χ2v) is 2.03. The third-order valence-corrected chi connectivity index (χ3v) is 1.53. The van der Waals surface area contributed by atoms with Crippen molar-refractivity contribution < 1.29 is 32.7 Å². The van der Waals surface area contributed by atoms with E-state index in [1.807, 2.05) is 0 Å². The van der Waals surface area contributed by atoms with Crippen molar-refractivity contribution in [1.29, 1.82) is 0 Å². The first-order valence-electron chi connectivity index (χ1n) is 2.67. The zero-order chi connectivity index (χ0) is 5.28. The molecule has 0 N–H and O–H groups in total. The minimum Gasteiger partial charge on any atom is -0.364 e. The van der Waals surface area contributed by atoms with E-state index in [9.17, 15) is 0 Å². The van der Waals surface area contributed by atoms with Crippen LogP contribution in [0.2, 0.25) is 0 Å². The molecule has 0 aromatic carbocycles. The molecule has 1 aliphatic rings. The second kappa shape index (κ2) is 3.97. The molecule has 8 heavy (non-hydrogen) atoms. The molecule has 45 valence electrons. The Balaban J connectivity index is 0.000000490. The molecule has 0 aliphatic carbocycles. The van der Waals surface area contributed by atoms with Crippen molar-refractivity contribution in [3.63, 3.8) is 0 Å². The predicted molar refractivity (Wildman–Crippen MR) is 30.7 cm³/mol. The smallest absolute Gasteiger partial charge is 0 e. The molecule has 0 spiro atoms. The summed E-state index contributed by atoms with van der Waals surface area (Å²) in [4.78, 5) is 2.28. The maximum atomic E-state index is 3.79. The van der Waals surface area contributed by atoms with Gasteiger partial charge in [0.15, 0.2) is 0 Å². The van der Waals surface area contributed by atoms with Crippen LogP contribution in [0.4, 0.5) is 0 Å². The molecule has 1 radical (unpaired) electrons. The van der Waals surface area contributed by atoms with Crippen molar-refractivity contribution >= 4 is 0 Å². The van der Waals surface area contributed by atoms with Gasteiger partial charge in [-0.15, -0.1) is 12.6 Å². The van der Waals surface area contributed by atoms with E-state index in [0.717, 1.165) is 13.0 Å². The number of hydrogen-bond donors (Lipinski definition) is 0. The molecule has 1 unspecified atom stereocenters. The van der Waals surface area contributed by atoms with Gasteiger partial charge < -0.3 is 18.2 Å². The van der Waals surface area contributed by atoms with Crippen molar-refractivity contribution in [2.75, 3.05) is 13.6 Å². The van der Waals surface area contributed by atoms with E-state index in [-0.39, 0.29) is 32.7 Å². The zero-order valence-electron chi connectivity index (χ0n) is 5.30. The molecule has 1 atom stereocenters. The molecule has 0 aromatic rings. The van der Waals surface area contributed by atoms with Gasteiger partial charge in [0.05, 0.1) is 0 Å². The van der Waals surface area contributed by atoms with E-state index in [1.54, 1.807) is 0 Å². The molecule has 1 heterocycles. The van der Waals surface area contributed by atoms with Gasteiger partial charge in [0.1, 0.15) is 0 Å². The molecule has 1 aliphatic heterocycles. The normalized spacial score (nSPS) is 28.5. The molecule has 1 rings (SSSR count). The Kier molecular flexibility index (Phi) is 4.50. The van der Waals surface area contributed by atoms with Crippen LogP contribution in [0.25, 0.3) is 0 Å². The summed E-state index contributed by atoms with van der Waals surface area (Å²) >= 11 is 0. The van der Waals surface area contributed by atoms with Crippen molar-refractivity contribution in [1.82, 2.24) is 4.90 Å². The van der Waals surface area contributed by atoms with E-state index in [2.05, 4.69) is 25.3 Å². The Morgan fingerprint density at radius 2 is 2.50 bits per heavy atom. The van der Waals surface area contributed by atoms with Gasteiger partial charge in [-0.1, -0.05) is 0 Å². The van der Waals surface area contributed by atoms with Crippen molar-refractivity contribution in [3.05, 3.63) is 13.3 Å². The minimum absolute atomic E-state index is 0. The predicted octanol–water partition coefficient (Wildman–Crippen LogP) is 0.726. The number of hydrogen-bond acceptors (Lipinski definition) is 1. The van der Waals surface area contributed by atoms with Gasteiger partial charge in [-0.2, -0.15) is 6.42 Å². The van der Waals surface area contributed by atoms with Crippen LogP contribution in [0, 0.1) is 13.3 Å². The van der Waals surface area contributed by atoms with E-state index in [4.69, 9.17) is 0 Å². The summed E-state index contributed by atoms with van der Waals surface area (Å²) in [5.74, 6) is 0. The van der Waals surface area contributed by atoms with Gasteiger partial charge in [-0.05, 0) is 7.05 Å². The summed E-state index contributed by atoms with van der Waals surface area (Å²) in [7, 11) is 2.12. The molecule has 1 nitrogen and oxygen atoms in total. The average molecular weight is 186 g/mol. The van der Waals surface area contributed by atoms with E-state index in [0.29, 0.717) is 6.04 Å². The SMILES string of the molecule is [CH2-]CC1[CH-]CN1C.[Y]. The molecule has 0 bridgehead atoms. The van der Waals surface area contributed by atoms with Gasteiger partial charge >= 0.3 is 0 Å². The van der Waals surface area contributed by atoms with E-state index >= 15 is 0 Å². The van der Waals surface area contributed by atoms with E-state index < -0.39 is 0 Å². The van der Waals surface area contributed by atoms with Crippen LogP contribution in [0.1, 0.15) is 6.42 Å². The summed E-state index contributed by atoms with van der Waals surface area (Å²) in [5, 5.41) is 0. The van der Waals surface area contributed by atoms with Crippen LogP contribution >= 0.6 is 0 Å². The third-order valence-electron chi connectivity index (χ3n) is 1.53. The minimum atomic E-state index is 0. The maximum absolute atomic E-state index is 3.79.